The normalized spacial score (nSPS) is 15.2. The molecule has 176 valence electrons. The molecule has 0 radical (unpaired) electrons. The molecule has 1 saturated heterocycles. The molecule has 0 atom stereocenters. The number of benzene rings is 2. The second-order valence-corrected chi connectivity index (χ2v) is 9.70. The number of nitrogens with two attached hydrogens (primary N) is 1. The molecule has 1 fully saturated rings. The van der Waals surface area contributed by atoms with Crippen LogP contribution in [0.2, 0.25) is 5.02 Å². The van der Waals surface area contributed by atoms with Crippen molar-refractivity contribution in [2.45, 2.75) is 11.4 Å². The van der Waals surface area contributed by atoms with Crippen LogP contribution in [0, 0.1) is 0 Å². The number of ether oxygens (including phenoxy) is 1. The third kappa shape index (κ3) is 4.76. The van der Waals surface area contributed by atoms with Gasteiger partial charge >= 0.3 is 5.69 Å². The van der Waals surface area contributed by atoms with Gasteiger partial charge in [0.2, 0.25) is 10.0 Å². The van der Waals surface area contributed by atoms with Gasteiger partial charge in [0.25, 0.3) is 5.56 Å². The summed E-state index contributed by atoms with van der Waals surface area (Å²) in [4.78, 5) is 32.1. The average Bonchev–Trinajstić information content (AvgIpc) is 2.78. The number of halogens is 1. The van der Waals surface area contributed by atoms with E-state index in [1.54, 1.807) is 7.11 Å². The molecule has 12 heteroatoms. The van der Waals surface area contributed by atoms with Crippen molar-refractivity contribution < 1.29 is 13.2 Å². The van der Waals surface area contributed by atoms with Gasteiger partial charge in [-0.2, -0.15) is 0 Å². The van der Waals surface area contributed by atoms with Gasteiger partial charge in [-0.1, -0.05) is 23.7 Å². The number of sulfonamides is 1. The van der Waals surface area contributed by atoms with Gasteiger partial charge in [0.05, 0.1) is 28.7 Å². The van der Waals surface area contributed by atoms with Crippen molar-refractivity contribution in [2.24, 2.45) is 5.14 Å². The summed E-state index contributed by atoms with van der Waals surface area (Å²) in [7, 11) is -2.47. The van der Waals surface area contributed by atoms with Crippen LogP contribution in [0.4, 0.5) is 5.69 Å². The van der Waals surface area contributed by atoms with Gasteiger partial charge in [-0.15, -0.1) is 0 Å². The van der Waals surface area contributed by atoms with Crippen LogP contribution in [-0.4, -0.2) is 62.7 Å². The van der Waals surface area contributed by atoms with Gasteiger partial charge in [0.1, 0.15) is 10.6 Å². The van der Waals surface area contributed by atoms with E-state index >= 15 is 0 Å². The first-order chi connectivity index (χ1) is 15.7. The zero-order chi connectivity index (χ0) is 23.8. The maximum absolute atomic E-state index is 12.9. The quantitative estimate of drug-likeness (QED) is 0.519. The Bertz CT molecular complexity index is 1410. The number of methoxy groups -OCH3 is 1. The lowest BCUT2D eigenvalue weighted by Gasteiger charge is -2.36. The number of rotatable bonds is 6. The number of piperazine rings is 1. The van der Waals surface area contributed by atoms with E-state index in [4.69, 9.17) is 21.5 Å². The molecule has 0 spiro atoms. The highest BCUT2D eigenvalue weighted by Gasteiger charge is 2.21. The van der Waals surface area contributed by atoms with Crippen LogP contribution in [0.5, 0.6) is 5.75 Å². The summed E-state index contributed by atoms with van der Waals surface area (Å²) in [5.74, 6) is 0.819. The van der Waals surface area contributed by atoms with Crippen molar-refractivity contribution in [1.82, 2.24) is 14.5 Å². The van der Waals surface area contributed by atoms with E-state index in [2.05, 4.69) is 14.8 Å². The second kappa shape index (κ2) is 9.18. The molecular weight excluding hydrogens is 470 g/mol. The van der Waals surface area contributed by atoms with Crippen LogP contribution in [0.25, 0.3) is 10.9 Å². The van der Waals surface area contributed by atoms with Gasteiger partial charge in [0.15, 0.2) is 0 Å². The number of anilines is 1. The summed E-state index contributed by atoms with van der Waals surface area (Å²) in [5, 5.41) is 5.05. The molecule has 0 unspecified atom stereocenters. The van der Waals surface area contributed by atoms with Crippen molar-refractivity contribution >= 4 is 38.2 Å². The number of aromatic nitrogens is 2. The minimum atomic E-state index is -4.12. The van der Waals surface area contributed by atoms with E-state index in [0.717, 1.165) is 48.2 Å². The lowest BCUT2D eigenvalue weighted by Crippen LogP contribution is -2.48. The predicted octanol–water partition coefficient (Wildman–Crippen LogP) is 0.821. The van der Waals surface area contributed by atoms with Crippen LogP contribution in [0.1, 0.15) is 0 Å². The molecule has 3 N–H and O–H groups in total. The third-order valence-electron chi connectivity index (χ3n) is 5.78. The molecule has 1 aromatic heterocycles. The summed E-state index contributed by atoms with van der Waals surface area (Å²) in [6, 6.07) is 10.2. The van der Waals surface area contributed by atoms with E-state index in [1.807, 2.05) is 24.3 Å². The largest absolute Gasteiger partial charge is 0.495 e. The van der Waals surface area contributed by atoms with Crippen molar-refractivity contribution in [2.75, 3.05) is 44.7 Å². The number of fused-ring (bicyclic) bond motifs is 1. The van der Waals surface area contributed by atoms with E-state index in [0.29, 0.717) is 6.54 Å². The molecule has 2 aromatic carbocycles. The fraction of sp³-hybridized carbons (Fsp3) is 0.333. The topological polar surface area (TPSA) is 131 Å². The first kappa shape index (κ1) is 23.3. The van der Waals surface area contributed by atoms with Crippen molar-refractivity contribution in [3.63, 3.8) is 0 Å². The van der Waals surface area contributed by atoms with Crippen LogP contribution in [-0.2, 0) is 16.6 Å². The van der Waals surface area contributed by atoms with Gasteiger partial charge in [0, 0.05) is 39.3 Å². The zero-order valence-corrected chi connectivity index (χ0v) is 19.5. The Morgan fingerprint density at radius 3 is 2.45 bits per heavy atom. The molecule has 4 rings (SSSR count). The number of aromatic amines is 1. The Hall–Kier alpha value is -2.86. The lowest BCUT2D eigenvalue weighted by molar-refractivity contribution is 0.245. The fourth-order valence-corrected chi connectivity index (χ4v) is 5.12. The number of H-pyrrole nitrogens is 1. The molecule has 0 aliphatic carbocycles. The highest BCUT2D eigenvalue weighted by molar-refractivity contribution is 7.89. The Morgan fingerprint density at radius 1 is 1.09 bits per heavy atom. The molecular formula is C21H24ClN5O5S. The van der Waals surface area contributed by atoms with Gasteiger partial charge in [-0.25, -0.2) is 18.4 Å². The molecule has 33 heavy (non-hydrogen) atoms. The minimum Gasteiger partial charge on any atom is -0.495 e. The summed E-state index contributed by atoms with van der Waals surface area (Å²) >= 11 is 5.96. The molecule has 10 nitrogen and oxygen atoms in total. The third-order valence-corrected chi connectivity index (χ3v) is 7.15. The maximum Gasteiger partial charge on any atom is 0.328 e. The van der Waals surface area contributed by atoms with Crippen LogP contribution in [0.3, 0.4) is 0 Å². The highest BCUT2D eigenvalue weighted by Crippen LogP contribution is 2.28. The Balaban J connectivity index is 1.50. The molecule has 3 aromatic rings. The summed E-state index contributed by atoms with van der Waals surface area (Å²) in [5.41, 5.74) is 0.0118. The predicted molar refractivity (Wildman–Crippen MR) is 127 cm³/mol. The van der Waals surface area contributed by atoms with Gasteiger partial charge < -0.3 is 14.6 Å². The standard InChI is InChI=1S/C21H24ClN5O5S/c1-32-18-5-3-2-4-17(18)26-9-6-25(7-10-26)8-11-27-20(28)14-12-19(33(23,30)31)15(22)13-16(14)24-21(27)29/h2-5,12-13H,6-11H2,1H3,(H,24,29)(H2,23,30,31). The second-order valence-electron chi connectivity index (χ2n) is 7.76. The number of nitrogens with one attached hydrogen (secondary N) is 1. The summed E-state index contributed by atoms with van der Waals surface area (Å²) in [6.45, 7) is 3.71. The zero-order valence-electron chi connectivity index (χ0n) is 18.0. The van der Waals surface area contributed by atoms with Crippen molar-refractivity contribution in [1.29, 1.82) is 0 Å². The smallest absolute Gasteiger partial charge is 0.328 e. The van der Waals surface area contributed by atoms with E-state index in [-0.39, 0.29) is 27.4 Å². The van der Waals surface area contributed by atoms with Crippen molar-refractivity contribution in [3.05, 3.63) is 62.3 Å². The Kier molecular flexibility index (Phi) is 6.48. The first-order valence-electron chi connectivity index (χ1n) is 10.3. The monoisotopic (exact) mass is 493 g/mol. The maximum atomic E-state index is 12.9. The van der Waals surface area contributed by atoms with Gasteiger partial charge in [-0.05, 0) is 24.3 Å². The number of para-hydroxylation sites is 2. The van der Waals surface area contributed by atoms with Crippen molar-refractivity contribution in [3.8, 4) is 5.75 Å². The van der Waals surface area contributed by atoms with Crippen LogP contribution >= 0.6 is 11.6 Å². The highest BCUT2D eigenvalue weighted by atomic mass is 35.5. The van der Waals surface area contributed by atoms with Gasteiger partial charge in [-0.3, -0.25) is 14.3 Å². The molecule has 1 aliphatic rings. The molecule has 2 heterocycles. The number of hydrogen-bond acceptors (Lipinski definition) is 7. The van der Waals surface area contributed by atoms with Crippen LogP contribution in [0.15, 0.2) is 50.9 Å². The first-order valence-corrected chi connectivity index (χ1v) is 12.2. The average molecular weight is 494 g/mol. The van der Waals surface area contributed by atoms with Crippen LogP contribution < -0.4 is 26.0 Å². The fourth-order valence-electron chi connectivity index (χ4n) is 4.02. The molecule has 1 aliphatic heterocycles. The number of nitrogens with zero attached hydrogens (tertiary/aromatic N) is 3. The number of primary sulfonamides is 1. The molecule has 0 saturated carbocycles. The summed E-state index contributed by atoms with van der Waals surface area (Å²) < 4.78 is 30.0. The molecule has 0 amide bonds. The van der Waals surface area contributed by atoms with E-state index in [9.17, 15) is 18.0 Å². The lowest BCUT2D eigenvalue weighted by atomic mass is 10.2. The summed E-state index contributed by atoms with van der Waals surface area (Å²) in [6.07, 6.45) is 0. The van der Waals surface area contributed by atoms with E-state index < -0.39 is 21.3 Å². The number of hydrogen-bond donors (Lipinski definition) is 2. The SMILES string of the molecule is COc1ccccc1N1CCN(CCn2c(=O)[nH]c3cc(Cl)c(S(N)(=O)=O)cc3c2=O)CC1. The van der Waals surface area contributed by atoms with E-state index in [1.165, 1.54) is 6.07 Å². The Morgan fingerprint density at radius 2 is 1.79 bits per heavy atom. The minimum absolute atomic E-state index is 0.0315. The Labute approximate surface area is 195 Å². The molecule has 0 bridgehead atoms.